The van der Waals surface area contributed by atoms with Gasteiger partial charge in [0.25, 0.3) is 0 Å². The first-order chi connectivity index (χ1) is 14.8. The Bertz CT molecular complexity index is 1310. The first kappa shape index (κ1) is 21.9. The highest BCUT2D eigenvalue weighted by molar-refractivity contribution is 7.13. The maximum Gasteiger partial charge on any atom is 0.511 e. The van der Waals surface area contributed by atoms with Crippen molar-refractivity contribution in [3.05, 3.63) is 80.1 Å². The van der Waals surface area contributed by atoms with E-state index in [2.05, 4.69) is 4.98 Å². The number of carboxylic acid groups (broad SMARTS) is 1. The maximum atomic E-state index is 11.3. The Morgan fingerprint density at radius 1 is 0.871 bits per heavy atom. The van der Waals surface area contributed by atoms with E-state index in [-0.39, 0.29) is 5.75 Å². The van der Waals surface area contributed by atoms with Gasteiger partial charge >= 0.3 is 6.16 Å². The molecule has 0 unspecified atom stereocenters. The molecule has 0 saturated carbocycles. The number of hydrogen-bond donors (Lipinski definition) is 1. The van der Waals surface area contributed by atoms with Gasteiger partial charge in [0, 0.05) is 27.6 Å². The van der Waals surface area contributed by atoms with Gasteiger partial charge in [0.05, 0.1) is 25.8 Å². The predicted octanol–water partition coefficient (Wildman–Crippen LogP) is 8.81. The van der Waals surface area contributed by atoms with Gasteiger partial charge in [0.15, 0.2) is 0 Å². The Morgan fingerprint density at radius 3 is 2.39 bits per heavy atom. The van der Waals surface area contributed by atoms with Gasteiger partial charge < -0.3 is 9.84 Å². The van der Waals surface area contributed by atoms with Crippen molar-refractivity contribution in [3.8, 4) is 38.7 Å². The van der Waals surface area contributed by atoms with Crippen LogP contribution in [0.25, 0.3) is 33.0 Å². The van der Waals surface area contributed by atoms with E-state index < -0.39 is 6.16 Å². The molecule has 4 nitrogen and oxygen atoms in total. The summed E-state index contributed by atoms with van der Waals surface area (Å²) in [6, 6.07) is 15.6. The van der Waals surface area contributed by atoms with Crippen LogP contribution in [-0.2, 0) is 0 Å². The first-order valence-electron chi connectivity index (χ1n) is 8.74. The van der Waals surface area contributed by atoms with E-state index in [1.165, 1.54) is 11.3 Å². The van der Waals surface area contributed by atoms with Crippen molar-refractivity contribution < 1.29 is 14.6 Å². The minimum Gasteiger partial charge on any atom is -0.449 e. The average Bonchev–Trinajstić information content (AvgIpc) is 3.22. The molecule has 0 saturated heterocycles. The number of carbonyl (C=O) groups is 1. The molecule has 1 aromatic heterocycles. The van der Waals surface area contributed by atoms with Gasteiger partial charge in [-0.05, 0) is 30.3 Å². The summed E-state index contributed by atoms with van der Waals surface area (Å²) in [4.78, 5) is 15.9. The highest BCUT2D eigenvalue weighted by atomic mass is 35.5. The van der Waals surface area contributed by atoms with E-state index in [4.69, 9.17) is 51.1 Å². The molecular weight excluding hydrogens is 500 g/mol. The van der Waals surface area contributed by atoms with Crippen molar-refractivity contribution in [1.29, 1.82) is 0 Å². The summed E-state index contributed by atoms with van der Waals surface area (Å²) in [6.45, 7) is 0. The van der Waals surface area contributed by atoms with Crippen LogP contribution in [0, 0.1) is 0 Å². The molecule has 0 fully saturated rings. The Balaban J connectivity index is 1.76. The lowest BCUT2D eigenvalue weighted by molar-refractivity contribution is 0.144. The lowest BCUT2D eigenvalue weighted by Gasteiger charge is -2.12. The molecule has 0 aliphatic rings. The van der Waals surface area contributed by atoms with Crippen LogP contribution >= 0.6 is 57.7 Å². The lowest BCUT2D eigenvalue weighted by atomic mass is 10.0. The monoisotopic (exact) mass is 509 g/mol. The molecule has 31 heavy (non-hydrogen) atoms. The quantitative estimate of drug-likeness (QED) is 0.220. The van der Waals surface area contributed by atoms with Crippen LogP contribution in [0.3, 0.4) is 0 Å². The molecule has 9 heteroatoms. The van der Waals surface area contributed by atoms with Gasteiger partial charge in [-0.15, -0.1) is 11.3 Å². The van der Waals surface area contributed by atoms with E-state index in [0.29, 0.717) is 41.8 Å². The van der Waals surface area contributed by atoms with Crippen molar-refractivity contribution in [2.75, 3.05) is 0 Å². The second-order valence-corrected chi connectivity index (χ2v) is 8.80. The van der Waals surface area contributed by atoms with Crippen LogP contribution in [0.5, 0.6) is 5.75 Å². The summed E-state index contributed by atoms with van der Waals surface area (Å²) in [7, 11) is 0. The van der Waals surface area contributed by atoms with E-state index in [0.717, 1.165) is 11.3 Å². The molecule has 156 valence electrons. The van der Waals surface area contributed by atoms with Crippen LogP contribution < -0.4 is 4.74 Å². The van der Waals surface area contributed by atoms with Crippen molar-refractivity contribution >= 4 is 63.9 Å². The van der Waals surface area contributed by atoms with Crippen LogP contribution in [0.1, 0.15) is 0 Å². The van der Waals surface area contributed by atoms with Gasteiger partial charge in [0.2, 0.25) is 0 Å². The number of halogens is 4. The van der Waals surface area contributed by atoms with Crippen molar-refractivity contribution in [2.45, 2.75) is 0 Å². The van der Waals surface area contributed by atoms with E-state index in [1.807, 2.05) is 17.5 Å². The van der Waals surface area contributed by atoms with Crippen LogP contribution in [0.2, 0.25) is 20.1 Å². The second-order valence-electron chi connectivity index (χ2n) is 6.35. The molecule has 0 radical (unpaired) electrons. The highest BCUT2D eigenvalue weighted by Crippen LogP contribution is 2.41. The average molecular weight is 511 g/mol. The molecule has 0 atom stereocenters. The molecule has 0 amide bonds. The molecule has 0 bridgehead atoms. The second kappa shape index (κ2) is 9.07. The standard InChI is InChI=1S/C22H11Cl4NO3S/c23-15-7-5-11(8-17(15)25)18-10-31-21(27-18)12-4-6-13(19(9-12)30-22(28)29)14-2-1-3-16(24)20(14)26/h1-10H,(H,28,29). The summed E-state index contributed by atoms with van der Waals surface area (Å²) >= 11 is 25.9. The fraction of sp³-hybridized carbons (Fsp3) is 0. The summed E-state index contributed by atoms with van der Waals surface area (Å²) < 4.78 is 5.04. The minimum atomic E-state index is -1.44. The number of thiazole rings is 1. The number of nitrogens with zero attached hydrogens (tertiary/aromatic N) is 1. The normalized spacial score (nSPS) is 10.8. The number of ether oxygens (including phenoxy) is 1. The Labute approximate surface area is 201 Å². The molecule has 4 rings (SSSR count). The van der Waals surface area contributed by atoms with E-state index >= 15 is 0 Å². The zero-order valence-electron chi connectivity index (χ0n) is 15.4. The smallest absolute Gasteiger partial charge is 0.449 e. The molecule has 3 aromatic carbocycles. The predicted molar refractivity (Wildman–Crippen MR) is 127 cm³/mol. The zero-order chi connectivity index (χ0) is 22.1. The molecular formula is C22H11Cl4NO3S. The van der Waals surface area contributed by atoms with E-state index in [9.17, 15) is 9.90 Å². The van der Waals surface area contributed by atoms with Crippen LogP contribution in [0.15, 0.2) is 60.0 Å². The fourth-order valence-corrected chi connectivity index (χ4v) is 4.49. The molecule has 4 aromatic rings. The summed E-state index contributed by atoms with van der Waals surface area (Å²) in [5, 5.41) is 13.3. The van der Waals surface area contributed by atoms with Crippen molar-refractivity contribution in [2.24, 2.45) is 0 Å². The minimum absolute atomic E-state index is 0.125. The molecule has 0 aliphatic carbocycles. The van der Waals surface area contributed by atoms with Gasteiger partial charge in [-0.25, -0.2) is 9.78 Å². The SMILES string of the molecule is O=C(O)Oc1cc(-c2nc(-c3ccc(Cl)c(Cl)c3)cs2)ccc1-c1cccc(Cl)c1Cl. The van der Waals surface area contributed by atoms with Gasteiger partial charge in [-0.1, -0.05) is 70.7 Å². The van der Waals surface area contributed by atoms with Gasteiger partial charge in [0.1, 0.15) is 10.8 Å². The van der Waals surface area contributed by atoms with Crippen molar-refractivity contribution in [3.63, 3.8) is 0 Å². The molecule has 0 spiro atoms. The first-order valence-corrected chi connectivity index (χ1v) is 11.1. The topological polar surface area (TPSA) is 59.4 Å². The van der Waals surface area contributed by atoms with E-state index in [1.54, 1.807) is 42.5 Å². The summed E-state index contributed by atoms with van der Waals surface area (Å²) in [5.74, 6) is 0.125. The fourth-order valence-electron chi connectivity index (χ4n) is 2.96. The Hall–Kier alpha value is -2.28. The number of benzene rings is 3. The van der Waals surface area contributed by atoms with Crippen LogP contribution in [0.4, 0.5) is 4.79 Å². The van der Waals surface area contributed by atoms with Crippen LogP contribution in [-0.4, -0.2) is 16.2 Å². The Kier molecular flexibility index (Phi) is 6.42. The molecule has 1 N–H and O–H groups in total. The Morgan fingerprint density at radius 2 is 1.65 bits per heavy atom. The van der Waals surface area contributed by atoms with Gasteiger partial charge in [-0.3, -0.25) is 0 Å². The summed E-state index contributed by atoms with van der Waals surface area (Å²) in [5.41, 5.74) is 3.30. The van der Waals surface area contributed by atoms with Crippen molar-refractivity contribution in [1.82, 2.24) is 4.98 Å². The number of hydrogen-bond acceptors (Lipinski definition) is 4. The number of rotatable bonds is 4. The lowest BCUT2D eigenvalue weighted by Crippen LogP contribution is -2.04. The zero-order valence-corrected chi connectivity index (χ0v) is 19.2. The third-order valence-electron chi connectivity index (χ3n) is 4.39. The number of aromatic nitrogens is 1. The molecule has 0 aliphatic heterocycles. The van der Waals surface area contributed by atoms with Gasteiger partial charge in [-0.2, -0.15) is 0 Å². The largest absolute Gasteiger partial charge is 0.511 e. The third kappa shape index (κ3) is 4.66. The summed E-state index contributed by atoms with van der Waals surface area (Å²) in [6.07, 6.45) is -1.44. The highest BCUT2D eigenvalue weighted by Gasteiger charge is 2.17. The maximum absolute atomic E-state index is 11.3. The molecule has 1 heterocycles. The third-order valence-corrected chi connectivity index (χ3v) is 6.84.